The first-order valence-corrected chi connectivity index (χ1v) is 11.6. The number of nitrogens with one attached hydrogen (secondary N) is 1. The first-order chi connectivity index (χ1) is 16.4. The number of likely N-dealkylation sites (tertiary alicyclic amines) is 1. The molecule has 176 valence electrons. The molecule has 4 aromatic rings. The van der Waals surface area contributed by atoms with Crippen LogP contribution in [0.3, 0.4) is 0 Å². The molecule has 1 N–H and O–H groups in total. The molecule has 0 radical (unpaired) electrons. The Kier molecular flexibility index (Phi) is 5.72. The molecule has 1 amide bonds. The van der Waals surface area contributed by atoms with Gasteiger partial charge in [0.05, 0.1) is 29.7 Å². The normalized spacial score (nSPS) is 18.4. The van der Waals surface area contributed by atoms with Gasteiger partial charge in [0.25, 0.3) is 11.7 Å². The van der Waals surface area contributed by atoms with Gasteiger partial charge in [-0.25, -0.2) is 4.98 Å². The topological polar surface area (TPSA) is 106 Å². The molecule has 0 bridgehead atoms. The summed E-state index contributed by atoms with van der Waals surface area (Å²) >= 11 is 0. The number of piperidine rings is 1. The van der Waals surface area contributed by atoms with E-state index < -0.39 is 0 Å². The second-order valence-electron chi connectivity index (χ2n) is 9.06. The first kappa shape index (κ1) is 22.0. The minimum absolute atomic E-state index is 0.00186. The number of carbonyl (C=O) groups excluding carboxylic acids is 1. The number of rotatable bonds is 5. The highest BCUT2D eigenvalue weighted by molar-refractivity contribution is 5.98. The van der Waals surface area contributed by atoms with Gasteiger partial charge in [0.15, 0.2) is 0 Å². The van der Waals surface area contributed by atoms with Crippen LogP contribution in [-0.2, 0) is 0 Å². The Hall–Kier alpha value is -3.82. The molecule has 1 aliphatic heterocycles. The van der Waals surface area contributed by atoms with Gasteiger partial charge < -0.3 is 10.2 Å². The van der Waals surface area contributed by atoms with Crippen molar-refractivity contribution >= 4 is 17.5 Å². The summed E-state index contributed by atoms with van der Waals surface area (Å²) in [5.41, 5.74) is 3.19. The van der Waals surface area contributed by atoms with Crippen molar-refractivity contribution in [3.8, 4) is 5.69 Å². The Morgan fingerprint density at radius 1 is 1.12 bits per heavy atom. The summed E-state index contributed by atoms with van der Waals surface area (Å²) in [4.78, 5) is 26.3. The number of anilines is 1. The first-order valence-electron chi connectivity index (χ1n) is 11.6. The molecule has 0 spiro atoms. The Morgan fingerprint density at radius 3 is 2.71 bits per heavy atom. The second kappa shape index (κ2) is 8.85. The highest BCUT2D eigenvalue weighted by Gasteiger charge is 2.33. The van der Waals surface area contributed by atoms with Crippen molar-refractivity contribution in [2.45, 2.75) is 46.6 Å². The van der Waals surface area contributed by atoms with E-state index in [0.717, 1.165) is 29.9 Å². The molecule has 3 aromatic heterocycles. The Morgan fingerprint density at radius 2 is 1.91 bits per heavy atom. The molecular formula is C24H29N9O. The maximum absolute atomic E-state index is 13.9. The quantitative estimate of drug-likeness (QED) is 0.489. The zero-order valence-electron chi connectivity index (χ0n) is 19.9. The molecule has 34 heavy (non-hydrogen) atoms. The predicted molar refractivity (Wildman–Crippen MR) is 128 cm³/mol. The van der Waals surface area contributed by atoms with Gasteiger partial charge in [-0.3, -0.25) is 4.79 Å². The van der Waals surface area contributed by atoms with E-state index in [0.29, 0.717) is 41.9 Å². The number of nitrogens with zero attached hydrogens (tertiary/aromatic N) is 8. The number of aromatic nitrogens is 7. The van der Waals surface area contributed by atoms with Gasteiger partial charge in [-0.2, -0.15) is 24.5 Å². The van der Waals surface area contributed by atoms with E-state index in [1.807, 2.05) is 49.9 Å². The van der Waals surface area contributed by atoms with Crippen molar-refractivity contribution in [3.63, 3.8) is 0 Å². The number of amides is 1. The Labute approximate surface area is 198 Å². The fourth-order valence-corrected chi connectivity index (χ4v) is 4.72. The lowest BCUT2D eigenvalue weighted by atomic mass is 9.89. The van der Waals surface area contributed by atoms with Gasteiger partial charge in [-0.15, -0.1) is 5.10 Å². The van der Waals surface area contributed by atoms with E-state index in [2.05, 4.69) is 37.5 Å². The molecule has 5 rings (SSSR count). The van der Waals surface area contributed by atoms with Crippen molar-refractivity contribution in [1.29, 1.82) is 0 Å². The van der Waals surface area contributed by atoms with Gasteiger partial charge in [0, 0.05) is 24.8 Å². The fourth-order valence-electron chi connectivity index (χ4n) is 4.72. The molecule has 1 saturated heterocycles. The van der Waals surface area contributed by atoms with Crippen LogP contribution >= 0.6 is 0 Å². The Bertz CT molecular complexity index is 1330. The summed E-state index contributed by atoms with van der Waals surface area (Å²) in [7, 11) is 0. The van der Waals surface area contributed by atoms with E-state index in [4.69, 9.17) is 0 Å². The number of aryl methyl sites for hydroxylation is 3. The summed E-state index contributed by atoms with van der Waals surface area (Å²) in [5, 5.41) is 16.5. The van der Waals surface area contributed by atoms with Crippen LogP contribution in [-0.4, -0.2) is 64.5 Å². The lowest BCUT2D eigenvalue weighted by molar-refractivity contribution is 0.0539. The summed E-state index contributed by atoms with van der Waals surface area (Å²) < 4.78 is 1.73. The zero-order chi connectivity index (χ0) is 23.8. The molecule has 1 aliphatic rings. The molecule has 4 heterocycles. The highest BCUT2D eigenvalue weighted by Crippen LogP contribution is 2.27. The summed E-state index contributed by atoms with van der Waals surface area (Å²) in [6, 6.07) is 7.80. The molecule has 1 fully saturated rings. The lowest BCUT2D eigenvalue weighted by Gasteiger charge is -2.40. The van der Waals surface area contributed by atoms with Crippen molar-refractivity contribution in [1.82, 2.24) is 39.5 Å². The molecule has 1 aromatic carbocycles. The second-order valence-corrected chi connectivity index (χ2v) is 9.06. The number of hydrogen-bond donors (Lipinski definition) is 1. The van der Waals surface area contributed by atoms with Crippen LogP contribution in [0.1, 0.15) is 47.2 Å². The van der Waals surface area contributed by atoms with Crippen molar-refractivity contribution < 1.29 is 4.79 Å². The van der Waals surface area contributed by atoms with Gasteiger partial charge >= 0.3 is 0 Å². The van der Waals surface area contributed by atoms with Gasteiger partial charge in [0.2, 0.25) is 0 Å². The van der Waals surface area contributed by atoms with Gasteiger partial charge in [-0.1, -0.05) is 18.6 Å². The monoisotopic (exact) mass is 459 g/mol. The van der Waals surface area contributed by atoms with Crippen molar-refractivity contribution in [3.05, 3.63) is 59.3 Å². The fraction of sp³-hybridized carbons (Fsp3) is 0.417. The minimum atomic E-state index is 0.00186. The summed E-state index contributed by atoms with van der Waals surface area (Å²) in [6.45, 7) is 9.31. The lowest BCUT2D eigenvalue weighted by Crippen LogP contribution is -2.51. The summed E-state index contributed by atoms with van der Waals surface area (Å²) in [5.74, 6) is 2.41. The molecular weight excluding hydrogens is 430 g/mol. The molecule has 0 unspecified atom stereocenters. The smallest absolute Gasteiger partial charge is 0.256 e. The molecule has 10 nitrogen and oxygen atoms in total. The van der Waals surface area contributed by atoms with Gasteiger partial charge in [-0.05, 0) is 51.7 Å². The maximum atomic E-state index is 13.9. The molecule has 0 saturated carbocycles. The number of fused-ring (bicyclic) bond motifs is 1. The summed E-state index contributed by atoms with van der Waals surface area (Å²) in [6.07, 6.45) is 5.29. The zero-order valence-corrected chi connectivity index (χ0v) is 19.9. The third kappa shape index (κ3) is 4.11. The Balaban J connectivity index is 1.45. The largest absolute Gasteiger partial charge is 0.368 e. The predicted octanol–water partition coefficient (Wildman–Crippen LogP) is 2.98. The standard InChI is InChI=1S/C24H29N9O/c1-15-7-8-20(33-26-9-10-27-33)19(12-15)23(34)31-11-5-6-16(2)21(31)14-25-22-13-17(3)28-24-29-18(4)30-32(22)24/h7-10,12-13,16,21,25H,5-6,11,14H2,1-4H3/t16-,21-/m1/s1. The average Bonchev–Trinajstić information content (AvgIpc) is 3.46. The van der Waals surface area contributed by atoms with Crippen molar-refractivity contribution in [2.24, 2.45) is 5.92 Å². The number of hydrogen-bond acceptors (Lipinski definition) is 7. The number of benzene rings is 1. The third-order valence-electron chi connectivity index (χ3n) is 6.43. The maximum Gasteiger partial charge on any atom is 0.256 e. The van der Waals surface area contributed by atoms with E-state index >= 15 is 0 Å². The van der Waals surface area contributed by atoms with Crippen molar-refractivity contribution in [2.75, 3.05) is 18.4 Å². The van der Waals surface area contributed by atoms with E-state index in [1.54, 1.807) is 16.9 Å². The van der Waals surface area contributed by atoms with Gasteiger partial charge in [0.1, 0.15) is 11.6 Å². The van der Waals surface area contributed by atoms with Crippen LogP contribution in [0.5, 0.6) is 0 Å². The average molecular weight is 460 g/mol. The van der Waals surface area contributed by atoms with E-state index in [1.165, 1.54) is 4.80 Å². The van der Waals surface area contributed by atoms with Crippen LogP contribution in [0, 0.1) is 26.7 Å². The van der Waals surface area contributed by atoms with Crippen LogP contribution in [0.2, 0.25) is 0 Å². The SMILES string of the molecule is Cc1ccc(-n2nccn2)c(C(=O)N2CCC[C@@H](C)[C@H]2CNc2cc(C)nc3nc(C)nn23)c1. The molecule has 2 atom stereocenters. The van der Waals surface area contributed by atoms with Crippen LogP contribution in [0.25, 0.3) is 11.5 Å². The minimum Gasteiger partial charge on any atom is -0.368 e. The van der Waals surface area contributed by atoms with E-state index in [9.17, 15) is 4.79 Å². The van der Waals surface area contributed by atoms with Crippen LogP contribution in [0.4, 0.5) is 5.82 Å². The van der Waals surface area contributed by atoms with Crippen LogP contribution in [0.15, 0.2) is 36.7 Å². The van der Waals surface area contributed by atoms with Crippen LogP contribution < -0.4 is 5.32 Å². The highest BCUT2D eigenvalue weighted by atomic mass is 16.2. The third-order valence-corrected chi connectivity index (χ3v) is 6.43. The van der Waals surface area contributed by atoms with E-state index in [-0.39, 0.29) is 11.9 Å². The molecule has 0 aliphatic carbocycles. The molecule has 10 heteroatoms. The number of carbonyl (C=O) groups is 1.